The first-order chi connectivity index (χ1) is 15.4. The summed E-state index contributed by atoms with van der Waals surface area (Å²) in [6.07, 6.45) is 15.7. The zero-order valence-electron chi connectivity index (χ0n) is 22.0. The Labute approximate surface area is 201 Å². The monoisotopic (exact) mass is 456 g/mol. The molecule has 2 N–H and O–H groups in total. The van der Waals surface area contributed by atoms with Crippen molar-refractivity contribution in [3.63, 3.8) is 0 Å². The van der Waals surface area contributed by atoms with Gasteiger partial charge in [-0.3, -0.25) is 0 Å². The van der Waals surface area contributed by atoms with Gasteiger partial charge >= 0.3 is 5.97 Å². The van der Waals surface area contributed by atoms with E-state index in [-0.39, 0.29) is 11.5 Å². The van der Waals surface area contributed by atoms with Crippen molar-refractivity contribution in [2.75, 3.05) is 0 Å². The Morgan fingerprint density at radius 1 is 0.939 bits per heavy atom. The topological polar surface area (TPSA) is 57.5 Å². The van der Waals surface area contributed by atoms with Crippen molar-refractivity contribution >= 4 is 5.97 Å². The Morgan fingerprint density at radius 3 is 2.30 bits per heavy atom. The second-order valence-corrected chi connectivity index (χ2v) is 14.3. The summed E-state index contributed by atoms with van der Waals surface area (Å²) in [5, 5.41) is 20.0. The Hall–Kier alpha value is -0.830. The van der Waals surface area contributed by atoms with Crippen LogP contribution in [0.5, 0.6) is 0 Å². The van der Waals surface area contributed by atoms with Gasteiger partial charge in [-0.25, -0.2) is 4.79 Å². The highest BCUT2D eigenvalue weighted by molar-refractivity contribution is 5.85. The number of rotatable bonds is 5. The molecule has 2 spiro atoms. The molecule has 0 saturated heterocycles. The Bertz CT molecular complexity index is 859. The zero-order valence-corrected chi connectivity index (χ0v) is 22.0. The van der Waals surface area contributed by atoms with E-state index in [4.69, 9.17) is 0 Å². The molecule has 0 aliphatic heterocycles. The van der Waals surface area contributed by atoms with E-state index in [0.717, 1.165) is 31.1 Å². The van der Waals surface area contributed by atoms with Crippen LogP contribution in [-0.2, 0) is 4.79 Å². The van der Waals surface area contributed by atoms with Crippen molar-refractivity contribution in [3.05, 3.63) is 11.6 Å². The lowest BCUT2D eigenvalue weighted by atomic mass is 9.41. The van der Waals surface area contributed by atoms with Crippen LogP contribution < -0.4 is 0 Å². The lowest BCUT2D eigenvalue weighted by Crippen LogP contribution is -2.57. The van der Waals surface area contributed by atoms with Gasteiger partial charge in [0.15, 0.2) is 0 Å². The maximum absolute atomic E-state index is 11.2. The third-order valence-electron chi connectivity index (χ3n) is 13.3. The van der Waals surface area contributed by atoms with E-state index in [9.17, 15) is 15.0 Å². The fourth-order valence-corrected chi connectivity index (χ4v) is 11.2. The third kappa shape index (κ3) is 2.93. The first-order valence-electron chi connectivity index (χ1n) is 13.9. The number of hydrogen-bond donors (Lipinski definition) is 2. The summed E-state index contributed by atoms with van der Waals surface area (Å²) in [6.45, 7) is 14.2. The van der Waals surface area contributed by atoms with Crippen LogP contribution in [0.1, 0.15) is 112 Å². The number of aliphatic hydroxyl groups is 1. The summed E-state index contributed by atoms with van der Waals surface area (Å²) in [6, 6.07) is 0. The van der Waals surface area contributed by atoms with Gasteiger partial charge < -0.3 is 10.2 Å². The summed E-state index contributed by atoms with van der Waals surface area (Å²) in [5.41, 5.74) is 2.48. The molecule has 0 aromatic rings. The van der Waals surface area contributed by atoms with E-state index in [2.05, 4.69) is 34.6 Å². The molecule has 3 nitrogen and oxygen atoms in total. The van der Waals surface area contributed by atoms with E-state index in [0.29, 0.717) is 39.1 Å². The van der Waals surface area contributed by atoms with Gasteiger partial charge in [0.2, 0.25) is 0 Å². The van der Waals surface area contributed by atoms with Crippen LogP contribution in [0.2, 0.25) is 0 Å². The molecule has 3 heteroatoms. The number of carbonyl (C=O) groups is 1. The number of aliphatic hydroxyl groups excluding tert-OH is 1. The number of hydrogen-bond acceptors (Lipinski definition) is 2. The van der Waals surface area contributed by atoms with Crippen LogP contribution in [0.3, 0.4) is 0 Å². The summed E-state index contributed by atoms with van der Waals surface area (Å²) >= 11 is 0. The lowest BCUT2D eigenvalue weighted by molar-refractivity contribution is -0.161. The second kappa shape index (κ2) is 7.34. The Morgan fingerprint density at radius 2 is 1.61 bits per heavy atom. The number of carboxylic acid groups (broad SMARTS) is 1. The minimum Gasteiger partial charge on any atom is -0.478 e. The molecule has 5 aliphatic rings. The molecule has 5 rings (SSSR count). The van der Waals surface area contributed by atoms with Gasteiger partial charge in [-0.1, -0.05) is 40.7 Å². The number of allylic oxidation sites excluding steroid dienone is 1. The molecule has 0 aromatic heterocycles. The highest BCUT2D eigenvalue weighted by Crippen LogP contribution is 2.89. The highest BCUT2D eigenvalue weighted by Gasteiger charge is 2.82. The molecule has 0 amide bonds. The van der Waals surface area contributed by atoms with Crippen LogP contribution in [0.4, 0.5) is 0 Å². The second-order valence-electron chi connectivity index (χ2n) is 14.3. The molecule has 5 saturated carbocycles. The highest BCUT2D eigenvalue weighted by atomic mass is 16.4. The molecular weight excluding hydrogens is 408 g/mol. The van der Waals surface area contributed by atoms with Gasteiger partial charge in [-0.15, -0.1) is 0 Å². The average molecular weight is 457 g/mol. The first kappa shape index (κ1) is 23.9. The van der Waals surface area contributed by atoms with E-state index in [1.807, 2.05) is 6.08 Å². The predicted octanol–water partition coefficient (Wildman–Crippen LogP) is 7.23. The van der Waals surface area contributed by atoms with Gasteiger partial charge in [0, 0.05) is 5.57 Å². The van der Waals surface area contributed by atoms with Gasteiger partial charge in [0.1, 0.15) is 0 Å². The molecule has 0 bridgehead atoms. The van der Waals surface area contributed by atoms with Crippen molar-refractivity contribution < 1.29 is 15.0 Å². The molecule has 2 unspecified atom stereocenters. The quantitative estimate of drug-likeness (QED) is 0.429. The fraction of sp³-hybridized carbons (Fsp3) is 0.900. The van der Waals surface area contributed by atoms with Gasteiger partial charge in [0.25, 0.3) is 0 Å². The van der Waals surface area contributed by atoms with Crippen LogP contribution in [0.25, 0.3) is 0 Å². The summed E-state index contributed by atoms with van der Waals surface area (Å²) in [5.74, 6) is 2.19. The minimum absolute atomic E-state index is 0.0721. The van der Waals surface area contributed by atoms with Crippen LogP contribution in [0.15, 0.2) is 11.6 Å². The molecule has 0 aromatic carbocycles. The molecule has 33 heavy (non-hydrogen) atoms. The zero-order chi connectivity index (χ0) is 24.0. The smallest absolute Gasteiger partial charge is 0.330 e. The Kier molecular flexibility index (Phi) is 5.31. The number of aliphatic carboxylic acids is 1. The van der Waals surface area contributed by atoms with E-state index >= 15 is 0 Å². The van der Waals surface area contributed by atoms with Gasteiger partial charge in [-0.05, 0) is 128 Å². The maximum atomic E-state index is 11.2. The molecule has 0 radical (unpaired) electrons. The van der Waals surface area contributed by atoms with Crippen molar-refractivity contribution in [1.29, 1.82) is 0 Å². The number of carboxylic acids is 1. The third-order valence-corrected chi connectivity index (χ3v) is 13.3. The normalized spacial score (nSPS) is 51.1. The molecular formula is C30H48O3. The van der Waals surface area contributed by atoms with Crippen molar-refractivity contribution in [2.24, 2.45) is 50.7 Å². The standard InChI is InChI=1S/C30H48O3/c1-19(8-7-9-20(2)25(32)33)21-12-14-28(6)23-11-10-22-26(3,4)24(31)13-15-29(22)18-30(23,29)17-16-27(21,28)5/h9,19,21-24,31H,7-8,10-18H2,1-6H3,(H,32,33)/t19-,21?,22+,23+,24-,27-,28+,29-,30?/m1/s1. The number of fused-ring (bicyclic) bond motifs is 2. The summed E-state index contributed by atoms with van der Waals surface area (Å²) in [7, 11) is 0. The van der Waals surface area contributed by atoms with Gasteiger partial charge in [0.05, 0.1) is 6.10 Å². The molecule has 5 fully saturated rings. The molecule has 186 valence electrons. The van der Waals surface area contributed by atoms with Crippen molar-refractivity contribution in [1.82, 2.24) is 0 Å². The minimum atomic E-state index is -0.784. The van der Waals surface area contributed by atoms with E-state index < -0.39 is 5.97 Å². The first-order valence-corrected chi connectivity index (χ1v) is 13.9. The molecule has 9 atom stereocenters. The van der Waals surface area contributed by atoms with Crippen LogP contribution in [0, 0.1) is 50.7 Å². The molecule has 5 aliphatic carbocycles. The van der Waals surface area contributed by atoms with Gasteiger partial charge in [-0.2, -0.15) is 0 Å². The lowest BCUT2D eigenvalue weighted by Gasteiger charge is -2.63. The fourth-order valence-electron chi connectivity index (χ4n) is 11.2. The SMILES string of the molecule is CC(=CCC[C@@H](C)C1CC[C@@]2(C)[C@@H]3CC[C@H]4C(C)(C)[C@H](O)CC[C@@]45CC35CC[C@]12C)C(=O)O. The Balaban J connectivity index is 1.37. The maximum Gasteiger partial charge on any atom is 0.330 e. The van der Waals surface area contributed by atoms with Crippen LogP contribution >= 0.6 is 0 Å². The molecule has 0 heterocycles. The van der Waals surface area contributed by atoms with Crippen molar-refractivity contribution in [2.45, 2.75) is 118 Å². The largest absolute Gasteiger partial charge is 0.478 e. The summed E-state index contributed by atoms with van der Waals surface area (Å²) < 4.78 is 0. The van der Waals surface area contributed by atoms with E-state index in [1.54, 1.807) is 6.92 Å². The summed E-state index contributed by atoms with van der Waals surface area (Å²) in [4.78, 5) is 11.2. The van der Waals surface area contributed by atoms with Crippen molar-refractivity contribution in [3.8, 4) is 0 Å². The van der Waals surface area contributed by atoms with Crippen LogP contribution in [-0.4, -0.2) is 22.3 Å². The van der Waals surface area contributed by atoms with E-state index in [1.165, 1.54) is 51.4 Å². The predicted molar refractivity (Wildman–Crippen MR) is 133 cm³/mol. The average Bonchev–Trinajstić information content (AvgIpc) is 3.33.